The fraction of sp³-hybridized carbons (Fsp3) is 0.600. The zero-order chi connectivity index (χ0) is 11.4. The van der Waals surface area contributed by atoms with Crippen molar-refractivity contribution >= 4 is 23.5 Å². The van der Waals surface area contributed by atoms with Gasteiger partial charge in [-0.2, -0.15) is 16.9 Å². The normalized spacial score (nSPS) is 20.6. The van der Waals surface area contributed by atoms with Crippen molar-refractivity contribution in [3.8, 4) is 0 Å². The van der Waals surface area contributed by atoms with Crippen molar-refractivity contribution in [1.29, 1.82) is 0 Å². The third-order valence-electron chi connectivity index (χ3n) is 2.61. The zero-order valence-corrected chi connectivity index (χ0v) is 9.85. The maximum atomic E-state index is 11.7. The van der Waals surface area contributed by atoms with E-state index in [2.05, 4.69) is 15.5 Å². The number of nitrogens with zero attached hydrogens (tertiary/aromatic N) is 1. The van der Waals surface area contributed by atoms with E-state index in [1.165, 1.54) is 25.0 Å². The number of anilines is 1. The van der Waals surface area contributed by atoms with Gasteiger partial charge in [-0.25, -0.2) is 0 Å². The lowest BCUT2D eigenvalue weighted by Crippen LogP contribution is -2.32. The van der Waals surface area contributed by atoms with Crippen molar-refractivity contribution in [2.45, 2.75) is 24.5 Å². The molecule has 0 aromatic carbocycles. The minimum atomic E-state index is -0.129. The summed E-state index contributed by atoms with van der Waals surface area (Å²) >= 11 is 1.94. The van der Waals surface area contributed by atoms with E-state index in [0.717, 1.165) is 6.54 Å². The van der Waals surface area contributed by atoms with E-state index in [1.54, 1.807) is 6.07 Å². The van der Waals surface area contributed by atoms with E-state index in [4.69, 9.17) is 5.73 Å². The first kappa shape index (κ1) is 11.3. The van der Waals surface area contributed by atoms with Crippen molar-refractivity contribution in [2.24, 2.45) is 0 Å². The maximum Gasteiger partial charge on any atom is 0.269 e. The average Bonchev–Trinajstić information content (AvgIpc) is 2.74. The number of thioether (sulfide) groups is 1. The van der Waals surface area contributed by atoms with Gasteiger partial charge in [-0.1, -0.05) is 6.42 Å². The minimum Gasteiger partial charge on any atom is -0.382 e. The lowest BCUT2D eigenvalue weighted by atomic mass is 10.2. The van der Waals surface area contributed by atoms with Gasteiger partial charge < -0.3 is 11.1 Å². The molecule has 88 valence electrons. The average molecular weight is 240 g/mol. The zero-order valence-electron chi connectivity index (χ0n) is 9.03. The smallest absolute Gasteiger partial charge is 0.269 e. The highest BCUT2D eigenvalue weighted by Gasteiger charge is 2.15. The second-order valence-electron chi connectivity index (χ2n) is 3.91. The van der Waals surface area contributed by atoms with Gasteiger partial charge in [0.1, 0.15) is 11.5 Å². The van der Waals surface area contributed by atoms with Crippen molar-refractivity contribution in [1.82, 2.24) is 15.5 Å². The second-order valence-corrected chi connectivity index (χ2v) is 5.31. The van der Waals surface area contributed by atoms with Gasteiger partial charge >= 0.3 is 0 Å². The van der Waals surface area contributed by atoms with Crippen LogP contribution < -0.4 is 11.1 Å². The standard InChI is InChI=1S/C10H16N4OS/c11-9-5-8(13-14-9)10(15)12-6-7-3-1-2-4-16-7/h5,7H,1-4,6H2,(H,12,15)(H3,11,13,14). The van der Waals surface area contributed by atoms with E-state index < -0.39 is 0 Å². The Morgan fingerprint density at radius 3 is 3.19 bits per heavy atom. The van der Waals surface area contributed by atoms with Crippen LogP contribution in [0.5, 0.6) is 0 Å². The largest absolute Gasteiger partial charge is 0.382 e. The molecule has 2 heterocycles. The summed E-state index contributed by atoms with van der Waals surface area (Å²) < 4.78 is 0. The van der Waals surface area contributed by atoms with Crippen molar-refractivity contribution in [3.63, 3.8) is 0 Å². The third-order valence-corrected chi connectivity index (χ3v) is 4.00. The molecule has 4 N–H and O–H groups in total. The molecule has 0 spiro atoms. The summed E-state index contributed by atoms with van der Waals surface area (Å²) in [6.45, 7) is 0.725. The van der Waals surface area contributed by atoms with E-state index >= 15 is 0 Å². The van der Waals surface area contributed by atoms with Gasteiger partial charge in [-0.05, 0) is 18.6 Å². The number of nitrogens with two attached hydrogens (primary N) is 1. The van der Waals surface area contributed by atoms with Gasteiger partial charge in [0.05, 0.1) is 0 Å². The van der Waals surface area contributed by atoms with Crippen molar-refractivity contribution in [2.75, 3.05) is 18.0 Å². The summed E-state index contributed by atoms with van der Waals surface area (Å²) in [6, 6.07) is 1.54. The molecule has 0 bridgehead atoms. The summed E-state index contributed by atoms with van der Waals surface area (Å²) in [4.78, 5) is 11.7. The quantitative estimate of drug-likeness (QED) is 0.736. The van der Waals surface area contributed by atoms with Crippen LogP contribution in [0.1, 0.15) is 29.8 Å². The number of nitrogen functional groups attached to an aromatic ring is 1. The van der Waals surface area contributed by atoms with Crippen molar-refractivity contribution in [3.05, 3.63) is 11.8 Å². The van der Waals surface area contributed by atoms with Crippen LogP contribution in [0.4, 0.5) is 5.82 Å². The number of aromatic nitrogens is 2. The first-order valence-corrected chi connectivity index (χ1v) is 6.51. The highest BCUT2D eigenvalue weighted by Crippen LogP contribution is 2.24. The van der Waals surface area contributed by atoms with Crippen LogP contribution in [0.2, 0.25) is 0 Å². The number of carbonyl (C=O) groups excluding carboxylic acids is 1. The number of H-pyrrole nitrogens is 1. The Kier molecular flexibility index (Phi) is 3.71. The van der Waals surface area contributed by atoms with Gasteiger partial charge in [0, 0.05) is 17.9 Å². The van der Waals surface area contributed by atoms with E-state index in [-0.39, 0.29) is 5.91 Å². The number of hydrogen-bond donors (Lipinski definition) is 3. The number of nitrogens with one attached hydrogen (secondary N) is 2. The van der Waals surface area contributed by atoms with Crippen LogP contribution in [0, 0.1) is 0 Å². The van der Waals surface area contributed by atoms with Crippen molar-refractivity contribution < 1.29 is 4.79 Å². The monoisotopic (exact) mass is 240 g/mol. The molecule has 5 nitrogen and oxygen atoms in total. The summed E-state index contributed by atoms with van der Waals surface area (Å²) in [6.07, 6.45) is 3.76. The van der Waals surface area contributed by atoms with Crippen LogP contribution in [0.3, 0.4) is 0 Å². The topological polar surface area (TPSA) is 83.8 Å². The number of aromatic amines is 1. The molecular weight excluding hydrogens is 224 g/mol. The number of carbonyl (C=O) groups is 1. The predicted octanol–water partition coefficient (Wildman–Crippen LogP) is 1.01. The van der Waals surface area contributed by atoms with Crippen LogP contribution in [-0.2, 0) is 0 Å². The molecule has 2 rings (SSSR count). The summed E-state index contributed by atoms with van der Waals surface area (Å²) in [5, 5.41) is 9.77. The van der Waals surface area contributed by atoms with Crippen LogP contribution in [0.25, 0.3) is 0 Å². The first-order chi connectivity index (χ1) is 7.75. The SMILES string of the molecule is Nc1cc(C(=O)NCC2CCCCS2)[nH]n1. The lowest BCUT2D eigenvalue weighted by Gasteiger charge is -2.21. The van der Waals surface area contributed by atoms with E-state index in [1.807, 2.05) is 11.8 Å². The Balaban J connectivity index is 1.79. The Morgan fingerprint density at radius 2 is 2.56 bits per heavy atom. The summed E-state index contributed by atoms with van der Waals surface area (Å²) in [5.41, 5.74) is 5.86. The number of rotatable bonds is 3. The Morgan fingerprint density at radius 1 is 1.69 bits per heavy atom. The molecule has 1 fully saturated rings. The second kappa shape index (κ2) is 5.25. The fourth-order valence-electron chi connectivity index (χ4n) is 1.72. The molecule has 16 heavy (non-hydrogen) atoms. The highest BCUT2D eigenvalue weighted by atomic mass is 32.2. The molecule has 1 amide bonds. The predicted molar refractivity (Wildman–Crippen MR) is 65.4 cm³/mol. The Hall–Kier alpha value is -1.17. The van der Waals surface area contributed by atoms with Crippen LogP contribution >= 0.6 is 11.8 Å². The molecule has 6 heteroatoms. The van der Waals surface area contributed by atoms with Gasteiger partial charge in [0.15, 0.2) is 0 Å². The molecule has 0 aliphatic carbocycles. The Labute approximate surface area is 98.6 Å². The van der Waals surface area contributed by atoms with Gasteiger partial charge in [0.2, 0.25) is 0 Å². The van der Waals surface area contributed by atoms with E-state index in [0.29, 0.717) is 16.8 Å². The van der Waals surface area contributed by atoms with Crippen LogP contribution in [0.15, 0.2) is 6.07 Å². The number of hydrogen-bond acceptors (Lipinski definition) is 4. The molecule has 1 aromatic rings. The minimum absolute atomic E-state index is 0.129. The number of amides is 1. The van der Waals surface area contributed by atoms with Gasteiger partial charge in [0.25, 0.3) is 5.91 Å². The summed E-state index contributed by atoms with van der Waals surface area (Å²) in [7, 11) is 0. The maximum absolute atomic E-state index is 11.7. The first-order valence-electron chi connectivity index (χ1n) is 5.46. The molecule has 1 aliphatic rings. The molecular formula is C10H16N4OS. The molecule has 1 aromatic heterocycles. The molecule has 0 radical (unpaired) electrons. The van der Waals surface area contributed by atoms with Crippen LogP contribution in [-0.4, -0.2) is 33.7 Å². The molecule has 1 atom stereocenters. The van der Waals surface area contributed by atoms with E-state index in [9.17, 15) is 4.79 Å². The molecule has 1 saturated heterocycles. The van der Waals surface area contributed by atoms with Gasteiger partial charge in [-0.3, -0.25) is 9.89 Å². The molecule has 0 saturated carbocycles. The molecule has 1 aliphatic heterocycles. The lowest BCUT2D eigenvalue weighted by molar-refractivity contribution is 0.0948. The fourth-order valence-corrected chi connectivity index (χ4v) is 2.96. The molecule has 1 unspecified atom stereocenters. The third kappa shape index (κ3) is 2.91. The summed E-state index contributed by atoms with van der Waals surface area (Å²) in [5.74, 6) is 1.42. The Bertz CT molecular complexity index is 359. The highest BCUT2D eigenvalue weighted by molar-refractivity contribution is 7.99. The van der Waals surface area contributed by atoms with Gasteiger partial charge in [-0.15, -0.1) is 0 Å².